The largest absolute Gasteiger partial charge is 0.462 e. The number of ether oxygens (including phenoxy) is 1. The second-order valence-corrected chi connectivity index (χ2v) is 6.58. The molecule has 0 amide bonds. The Bertz CT molecular complexity index is 777. The Morgan fingerprint density at radius 3 is 3.20 bits per heavy atom. The Balaban J connectivity index is 1.84. The van der Waals surface area contributed by atoms with Crippen molar-refractivity contribution in [3.8, 4) is 6.07 Å². The molecule has 2 aromatic rings. The number of anilines is 1. The Kier molecular flexibility index (Phi) is 5.54. The fraction of sp³-hybridized carbons (Fsp3) is 0.526. The maximum Gasteiger partial charge on any atom is 0.341 e. The molecule has 0 radical (unpaired) electrons. The first kappa shape index (κ1) is 17.3. The van der Waals surface area contributed by atoms with E-state index in [9.17, 15) is 4.79 Å². The minimum Gasteiger partial charge on any atom is -0.462 e. The molecule has 132 valence electrons. The van der Waals surface area contributed by atoms with Gasteiger partial charge in [-0.1, -0.05) is 12.8 Å². The molecular weight excluding hydrogens is 316 g/mol. The van der Waals surface area contributed by atoms with Gasteiger partial charge in [0.2, 0.25) is 0 Å². The number of aromatic amines is 1. The monoisotopic (exact) mass is 340 g/mol. The number of fused-ring (bicyclic) bond motifs is 1. The van der Waals surface area contributed by atoms with Crippen LogP contribution in [0.25, 0.3) is 11.0 Å². The Morgan fingerprint density at radius 2 is 2.40 bits per heavy atom. The average Bonchev–Trinajstić information content (AvgIpc) is 3.10. The van der Waals surface area contributed by atoms with Gasteiger partial charge in [-0.25, -0.2) is 9.78 Å². The molecule has 3 rings (SSSR count). The topological polar surface area (TPSA) is 90.8 Å². The molecule has 0 aliphatic heterocycles. The molecule has 2 atom stereocenters. The molecule has 1 aliphatic carbocycles. The van der Waals surface area contributed by atoms with E-state index < -0.39 is 0 Å². The third-order valence-corrected chi connectivity index (χ3v) is 4.88. The summed E-state index contributed by atoms with van der Waals surface area (Å²) >= 11 is 0. The van der Waals surface area contributed by atoms with Crippen molar-refractivity contribution in [2.75, 3.05) is 11.9 Å². The number of aromatic nitrogens is 2. The third kappa shape index (κ3) is 3.93. The van der Waals surface area contributed by atoms with Crippen molar-refractivity contribution in [3.05, 3.63) is 24.0 Å². The van der Waals surface area contributed by atoms with Crippen LogP contribution in [-0.4, -0.2) is 28.6 Å². The van der Waals surface area contributed by atoms with Gasteiger partial charge >= 0.3 is 5.97 Å². The van der Waals surface area contributed by atoms with Crippen LogP contribution in [0.2, 0.25) is 0 Å². The maximum absolute atomic E-state index is 12.3. The van der Waals surface area contributed by atoms with Crippen LogP contribution in [0.1, 0.15) is 55.8 Å². The molecule has 2 heterocycles. The number of nitrogens with zero attached hydrogens (tertiary/aromatic N) is 2. The molecule has 2 N–H and O–H groups in total. The number of hydrogen-bond acceptors (Lipinski definition) is 5. The van der Waals surface area contributed by atoms with E-state index in [4.69, 9.17) is 10.00 Å². The Morgan fingerprint density at radius 1 is 1.52 bits per heavy atom. The smallest absolute Gasteiger partial charge is 0.341 e. The highest BCUT2D eigenvalue weighted by molar-refractivity contribution is 6.04. The molecule has 6 heteroatoms. The van der Waals surface area contributed by atoms with Crippen molar-refractivity contribution in [3.63, 3.8) is 0 Å². The number of H-pyrrole nitrogens is 1. The number of pyridine rings is 1. The van der Waals surface area contributed by atoms with Gasteiger partial charge in [0, 0.05) is 30.2 Å². The first-order valence-corrected chi connectivity index (χ1v) is 8.99. The number of esters is 1. The van der Waals surface area contributed by atoms with E-state index in [1.54, 1.807) is 13.1 Å². The summed E-state index contributed by atoms with van der Waals surface area (Å²) in [5.74, 6) is 0.220. The van der Waals surface area contributed by atoms with Crippen LogP contribution in [0, 0.1) is 17.2 Å². The van der Waals surface area contributed by atoms with Gasteiger partial charge in [-0.15, -0.1) is 0 Å². The zero-order valence-corrected chi connectivity index (χ0v) is 14.5. The average molecular weight is 340 g/mol. The van der Waals surface area contributed by atoms with Gasteiger partial charge in [0.1, 0.15) is 11.2 Å². The van der Waals surface area contributed by atoms with Gasteiger partial charge in [0.05, 0.1) is 18.4 Å². The van der Waals surface area contributed by atoms with Crippen molar-refractivity contribution in [1.82, 2.24) is 9.97 Å². The summed E-state index contributed by atoms with van der Waals surface area (Å²) in [4.78, 5) is 19.7. The zero-order chi connectivity index (χ0) is 17.6. The molecule has 1 fully saturated rings. The minimum atomic E-state index is -0.350. The molecule has 1 saturated carbocycles. The van der Waals surface area contributed by atoms with Gasteiger partial charge in [-0.3, -0.25) is 0 Å². The van der Waals surface area contributed by atoms with E-state index >= 15 is 0 Å². The molecular formula is C19H24N4O2. The summed E-state index contributed by atoms with van der Waals surface area (Å²) in [7, 11) is 0. The number of rotatable bonds is 6. The van der Waals surface area contributed by atoms with E-state index in [1.165, 1.54) is 6.42 Å². The van der Waals surface area contributed by atoms with Crippen LogP contribution in [-0.2, 0) is 4.74 Å². The van der Waals surface area contributed by atoms with E-state index in [0.29, 0.717) is 30.6 Å². The van der Waals surface area contributed by atoms with Crippen LogP contribution in [0.3, 0.4) is 0 Å². The van der Waals surface area contributed by atoms with Crippen molar-refractivity contribution < 1.29 is 9.53 Å². The SMILES string of the molecule is CCOC(=O)c1cnc2[nH]ccc2c1N[C@H]1CCCC(CCC#N)C1. The molecule has 0 bridgehead atoms. The van der Waals surface area contributed by atoms with Crippen molar-refractivity contribution in [1.29, 1.82) is 5.26 Å². The molecule has 1 unspecified atom stereocenters. The summed E-state index contributed by atoms with van der Waals surface area (Å²) in [5, 5.41) is 13.3. The van der Waals surface area contributed by atoms with Crippen molar-refractivity contribution in [2.24, 2.45) is 5.92 Å². The lowest BCUT2D eigenvalue weighted by atomic mass is 9.83. The number of carbonyl (C=O) groups excluding carboxylic acids is 1. The molecule has 0 spiro atoms. The van der Waals surface area contributed by atoms with Crippen molar-refractivity contribution in [2.45, 2.75) is 51.5 Å². The van der Waals surface area contributed by atoms with Crippen LogP contribution in [0.15, 0.2) is 18.5 Å². The van der Waals surface area contributed by atoms with Crippen LogP contribution in [0.4, 0.5) is 5.69 Å². The summed E-state index contributed by atoms with van der Waals surface area (Å²) in [6.07, 6.45) is 9.39. The summed E-state index contributed by atoms with van der Waals surface area (Å²) in [5.41, 5.74) is 2.04. The summed E-state index contributed by atoms with van der Waals surface area (Å²) in [6.45, 7) is 2.14. The Labute approximate surface area is 147 Å². The number of nitrogens with one attached hydrogen (secondary N) is 2. The quantitative estimate of drug-likeness (QED) is 0.775. The highest BCUT2D eigenvalue weighted by Crippen LogP contribution is 2.33. The second kappa shape index (κ2) is 8.02. The highest BCUT2D eigenvalue weighted by Gasteiger charge is 2.25. The van der Waals surface area contributed by atoms with Gasteiger partial charge in [-0.05, 0) is 38.2 Å². The fourth-order valence-electron chi connectivity index (χ4n) is 3.68. The highest BCUT2D eigenvalue weighted by atomic mass is 16.5. The number of hydrogen-bond donors (Lipinski definition) is 2. The number of nitriles is 1. The van der Waals surface area contributed by atoms with Gasteiger partial charge in [-0.2, -0.15) is 5.26 Å². The lowest BCUT2D eigenvalue weighted by Gasteiger charge is -2.30. The van der Waals surface area contributed by atoms with Gasteiger partial charge in [0.15, 0.2) is 0 Å². The van der Waals surface area contributed by atoms with Gasteiger partial charge in [0.25, 0.3) is 0 Å². The van der Waals surface area contributed by atoms with Crippen molar-refractivity contribution >= 4 is 22.7 Å². The van der Waals surface area contributed by atoms with E-state index in [1.807, 2.05) is 12.3 Å². The standard InChI is InChI=1S/C19H24N4O2/c1-2-25-19(24)16-12-22-18-15(8-10-21-18)17(16)23-14-7-3-5-13(11-14)6-4-9-20/h8,10,12-14H,2-7,11H2,1H3,(H2,21,22,23)/t13?,14-/m0/s1. The van der Waals surface area contributed by atoms with E-state index in [2.05, 4.69) is 21.4 Å². The minimum absolute atomic E-state index is 0.297. The Hall–Kier alpha value is -2.55. The summed E-state index contributed by atoms with van der Waals surface area (Å²) < 4.78 is 5.19. The fourth-order valence-corrected chi connectivity index (χ4v) is 3.68. The first-order valence-electron chi connectivity index (χ1n) is 8.99. The molecule has 2 aromatic heterocycles. The third-order valence-electron chi connectivity index (χ3n) is 4.88. The molecule has 6 nitrogen and oxygen atoms in total. The zero-order valence-electron chi connectivity index (χ0n) is 14.5. The predicted octanol–water partition coefficient (Wildman–Crippen LogP) is 4.01. The number of carbonyl (C=O) groups is 1. The molecule has 1 aliphatic rings. The van der Waals surface area contributed by atoms with E-state index in [0.717, 1.165) is 42.4 Å². The maximum atomic E-state index is 12.3. The van der Waals surface area contributed by atoms with Crippen LogP contribution in [0.5, 0.6) is 0 Å². The molecule has 0 aromatic carbocycles. The summed E-state index contributed by atoms with van der Waals surface area (Å²) in [6, 6.07) is 4.48. The molecule has 25 heavy (non-hydrogen) atoms. The predicted molar refractivity (Wildman–Crippen MR) is 96.3 cm³/mol. The van der Waals surface area contributed by atoms with Gasteiger partial charge < -0.3 is 15.0 Å². The van der Waals surface area contributed by atoms with Crippen LogP contribution >= 0.6 is 0 Å². The lowest BCUT2D eigenvalue weighted by molar-refractivity contribution is 0.0527. The van der Waals surface area contributed by atoms with Crippen LogP contribution < -0.4 is 5.32 Å². The lowest BCUT2D eigenvalue weighted by Crippen LogP contribution is -2.28. The molecule has 0 saturated heterocycles. The second-order valence-electron chi connectivity index (χ2n) is 6.58. The first-order chi connectivity index (χ1) is 12.2. The normalized spacial score (nSPS) is 20.2. The van der Waals surface area contributed by atoms with E-state index in [-0.39, 0.29) is 5.97 Å².